The minimum atomic E-state index is -0.498. The summed E-state index contributed by atoms with van der Waals surface area (Å²) in [5.41, 5.74) is 0.277. The maximum absolute atomic E-state index is 12.0. The van der Waals surface area contributed by atoms with E-state index in [0.29, 0.717) is 25.6 Å². The predicted octanol–water partition coefficient (Wildman–Crippen LogP) is 2.42. The van der Waals surface area contributed by atoms with E-state index in [1.807, 2.05) is 20.8 Å². The molecule has 0 radical (unpaired) electrons. The van der Waals surface area contributed by atoms with E-state index in [2.05, 4.69) is 6.58 Å². The third kappa shape index (κ3) is 4.21. The van der Waals surface area contributed by atoms with Crippen LogP contribution < -0.4 is 0 Å². The summed E-state index contributed by atoms with van der Waals surface area (Å²) in [6.07, 6.45) is -0.336. The second kappa shape index (κ2) is 5.74. The molecule has 1 atom stereocenters. The fourth-order valence-electron chi connectivity index (χ4n) is 1.57. The number of morpholine rings is 1. The molecule has 0 aromatic rings. The molecule has 0 saturated carbocycles. The van der Waals surface area contributed by atoms with Crippen LogP contribution in [0.4, 0.5) is 4.79 Å². The molecule has 0 aromatic carbocycles. The van der Waals surface area contributed by atoms with Gasteiger partial charge in [0.15, 0.2) is 0 Å². The van der Waals surface area contributed by atoms with Crippen molar-refractivity contribution >= 4 is 17.7 Å². The second-order valence-electron chi connectivity index (χ2n) is 5.06. The minimum absolute atomic E-state index is 0.184. The molecule has 1 aliphatic rings. The van der Waals surface area contributed by atoms with E-state index in [-0.39, 0.29) is 12.1 Å². The number of nitrogens with zero attached hydrogens (tertiary/aromatic N) is 1. The van der Waals surface area contributed by atoms with Gasteiger partial charge in [-0.3, -0.25) is 4.90 Å². The first-order valence-electron chi connectivity index (χ1n) is 5.66. The fraction of sp³-hybridized carbons (Fsp3) is 0.750. The number of amides is 1. The molecule has 0 bridgehead atoms. The van der Waals surface area contributed by atoms with Crippen molar-refractivity contribution in [3.05, 3.63) is 12.2 Å². The molecule has 4 nitrogen and oxygen atoms in total. The number of halogens is 1. The predicted molar refractivity (Wildman–Crippen MR) is 67.4 cm³/mol. The van der Waals surface area contributed by atoms with Crippen LogP contribution in [-0.4, -0.2) is 48.3 Å². The molecule has 0 aromatic heterocycles. The van der Waals surface area contributed by atoms with Crippen molar-refractivity contribution in [3.63, 3.8) is 0 Å². The summed E-state index contributed by atoms with van der Waals surface area (Å²) >= 11 is 5.75. The third-order valence-electron chi connectivity index (χ3n) is 2.40. The molecule has 98 valence electrons. The lowest BCUT2D eigenvalue weighted by atomic mass is 10.1. The third-order valence-corrected chi connectivity index (χ3v) is 2.74. The van der Waals surface area contributed by atoms with Crippen LogP contribution >= 0.6 is 11.6 Å². The van der Waals surface area contributed by atoms with E-state index in [4.69, 9.17) is 21.1 Å². The van der Waals surface area contributed by atoms with Crippen molar-refractivity contribution in [2.75, 3.05) is 25.6 Å². The van der Waals surface area contributed by atoms with Gasteiger partial charge in [0.05, 0.1) is 19.3 Å². The monoisotopic (exact) mass is 261 g/mol. The van der Waals surface area contributed by atoms with Crippen LogP contribution in [0, 0.1) is 0 Å². The summed E-state index contributed by atoms with van der Waals surface area (Å²) in [6.45, 7) is 10.9. The number of rotatable bonds is 2. The highest BCUT2D eigenvalue weighted by Crippen LogP contribution is 2.19. The van der Waals surface area contributed by atoms with Gasteiger partial charge in [-0.15, -0.1) is 11.6 Å². The Kier molecular flexibility index (Phi) is 4.83. The van der Waals surface area contributed by atoms with Crippen LogP contribution in [0.5, 0.6) is 0 Å². The normalized spacial score (nSPS) is 21.2. The Bertz CT molecular complexity index is 299. The Hall–Kier alpha value is -0.740. The van der Waals surface area contributed by atoms with Gasteiger partial charge >= 0.3 is 6.09 Å². The van der Waals surface area contributed by atoms with Crippen molar-refractivity contribution in [2.45, 2.75) is 32.4 Å². The Morgan fingerprint density at radius 1 is 1.59 bits per heavy atom. The standard InChI is InChI=1S/C12H20ClNO3/c1-9(7-13)10-8-16-6-5-14(10)11(15)17-12(2,3)4/h10H,1,5-8H2,2-4H3. The quantitative estimate of drug-likeness (QED) is 0.566. The highest BCUT2D eigenvalue weighted by Gasteiger charge is 2.32. The number of carbonyl (C=O) groups excluding carboxylic acids is 1. The highest BCUT2D eigenvalue weighted by atomic mass is 35.5. The van der Waals surface area contributed by atoms with E-state index >= 15 is 0 Å². The molecule has 1 heterocycles. The summed E-state index contributed by atoms with van der Waals surface area (Å²) in [6, 6.07) is -0.184. The molecule has 0 spiro atoms. The first-order valence-corrected chi connectivity index (χ1v) is 6.19. The lowest BCUT2D eigenvalue weighted by molar-refractivity contribution is -0.0238. The van der Waals surface area contributed by atoms with Gasteiger partial charge in [-0.1, -0.05) is 6.58 Å². The lowest BCUT2D eigenvalue weighted by Crippen LogP contribution is -2.51. The van der Waals surface area contributed by atoms with Gasteiger partial charge in [-0.2, -0.15) is 0 Å². The lowest BCUT2D eigenvalue weighted by Gasteiger charge is -2.37. The summed E-state index contributed by atoms with van der Waals surface area (Å²) in [4.78, 5) is 13.6. The number of ether oxygens (including phenoxy) is 2. The Balaban J connectivity index is 2.71. The second-order valence-corrected chi connectivity index (χ2v) is 5.32. The zero-order valence-electron chi connectivity index (χ0n) is 10.7. The van der Waals surface area contributed by atoms with Crippen LogP contribution in [0.3, 0.4) is 0 Å². The zero-order valence-corrected chi connectivity index (χ0v) is 11.4. The number of hydrogen-bond acceptors (Lipinski definition) is 3. The Morgan fingerprint density at radius 3 is 2.76 bits per heavy atom. The molecule has 1 aliphatic heterocycles. The molecule has 0 N–H and O–H groups in total. The molecular weight excluding hydrogens is 242 g/mol. The summed E-state index contributed by atoms with van der Waals surface area (Å²) in [5, 5.41) is 0. The van der Waals surface area contributed by atoms with Crippen molar-refractivity contribution in [1.29, 1.82) is 0 Å². The maximum atomic E-state index is 12.0. The Labute approximate surface area is 108 Å². The topological polar surface area (TPSA) is 38.8 Å². The van der Waals surface area contributed by atoms with Gasteiger partial charge in [0.25, 0.3) is 0 Å². The van der Waals surface area contributed by atoms with E-state index in [1.165, 1.54) is 0 Å². The SMILES string of the molecule is C=C(CCl)C1COCCN1C(=O)OC(C)(C)C. The smallest absolute Gasteiger partial charge is 0.410 e. The van der Waals surface area contributed by atoms with Gasteiger partial charge in [-0.25, -0.2) is 4.79 Å². The summed E-state index contributed by atoms with van der Waals surface area (Å²) < 4.78 is 10.7. The molecule has 1 saturated heterocycles. The van der Waals surface area contributed by atoms with Gasteiger partial charge in [-0.05, 0) is 26.3 Å². The average molecular weight is 262 g/mol. The molecule has 1 amide bonds. The van der Waals surface area contributed by atoms with Gasteiger partial charge < -0.3 is 9.47 Å². The molecule has 1 unspecified atom stereocenters. The van der Waals surface area contributed by atoms with Gasteiger partial charge in [0.2, 0.25) is 0 Å². The number of hydrogen-bond donors (Lipinski definition) is 0. The van der Waals surface area contributed by atoms with E-state index in [0.717, 1.165) is 5.57 Å². The summed E-state index contributed by atoms with van der Waals surface area (Å²) in [5.74, 6) is 0.313. The molecule has 0 aliphatic carbocycles. The van der Waals surface area contributed by atoms with Crippen molar-refractivity contribution in [1.82, 2.24) is 4.90 Å². The van der Waals surface area contributed by atoms with Crippen LogP contribution in [0.2, 0.25) is 0 Å². The molecular formula is C12H20ClNO3. The average Bonchev–Trinajstić information content (AvgIpc) is 2.25. The van der Waals surface area contributed by atoms with Crippen LogP contribution in [-0.2, 0) is 9.47 Å². The largest absolute Gasteiger partial charge is 0.444 e. The zero-order chi connectivity index (χ0) is 13.1. The van der Waals surface area contributed by atoms with Crippen molar-refractivity contribution in [3.8, 4) is 0 Å². The minimum Gasteiger partial charge on any atom is -0.444 e. The first-order chi connectivity index (χ1) is 7.85. The fourth-order valence-corrected chi connectivity index (χ4v) is 1.75. The van der Waals surface area contributed by atoms with Crippen LogP contribution in [0.15, 0.2) is 12.2 Å². The number of alkyl halides is 1. The molecule has 1 rings (SSSR count). The van der Waals surface area contributed by atoms with Gasteiger partial charge in [0.1, 0.15) is 5.60 Å². The van der Waals surface area contributed by atoms with E-state index in [9.17, 15) is 4.79 Å². The summed E-state index contributed by atoms with van der Waals surface area (Å²) in [7, 11) is 0. The van der Waals surface area contributed by atoms with Crippen molar-refractivity contribution < 1.29 is 14.3 Å². The van der Waals surface area contributed by atoms with Crippen LogP contribution in [0.1, 0.15) is 20.8 Å². The Morgan fingerprint density at radius 2 is 2.24 bits per heavy atom. The molecule has 1 fully saturated rings. The van der Waals surface area contributed by atoms with Gasteiger partial charge in [0, 0.05) is 12.4 Å². The highest BCUT2D eigenvalue weighted by molar-refractivity contribution is 6.19. The maximum Gasteiger partial charge on any atom is 0.410 e. The molecule has 17 heavy (non-hydrogen) atoms. The van der Waals surface area contributed by atoms with E-state index in [1.54, 1.807) is 4.90 Å². The molecule has 5 heteroatoms. The van der Waals surface area contributed by atoms with Crippen LogP contribution in [0.25, 0.3) is 0 Å². The van der Waals surface area contributed by atoms with Crippen molar-refractivity contribution in [2.24, 2.45) is 0 Å². The van der Waals surface area contributed by atoms with E-state index < -0.39 is 5.60 Å². The number of carbonyl (C=O) groups is 1. The first kappa shape index (κ1) is 14.3.